The highest BCUT2D eigenvalue weighted by molar-refractivity contribution is 7.31. The summed E-state index contributed by atoms with van der Waals surface area (Å²) in [5, 5.41) is 2.72. The summed E-state index contributed by atoms with van der Waals surface area (Å²) in [5.74, 6) is 1.72. The fraction of sp³-hybridized carbons (Fsp3) is 0.512. The van der Waals surface area contributed by atoms with Crippen molar-refractivity contribution in [2.24, 2.45) is 23.7 Å². The van der Waals surface area contributed by atoms with Gasteiger partial charge in [0.25, 0.3) is 0 Å². The molecule has 1 aromatic carbocycles. The van der Waals surface area contributed by atoms with E-state index >= 15 is 0 Å². The zero-order valence-electron chi connectivity index (χ0n) is 33.3. The van der Waals surface area contributed by atoms with Gasteiger partial charge in [-0.05, 0) is 66.3 Å². The molecule has 6 atom stereocenters. The Morgan fingerprint density at radius 1 is 0.895 bits per heavy atom. The number of thiophene rings is 2. The van der Waals surface area contributed by atoms with Crippen LogP contribution in [0, 0.1) is 23.7 Å². The van der Waals surface area contributed by atoms with E-state index in [0.717, 1.165) is 65.9 Å². The Kier molecular flexibility index (Phi) is 10.5. The van der Waals surface area contributed by atoms with E-state index in [2.05, 4.69) is 59.5 Å². The number of aromatic nitrogens is 4. The number of nitrogens with zero attached hydrogens (tertiary/aromatic N) is 5. The first kappa shape index (κ1) is 38.9. The highest BCUT2D eigenvalue weighted by Gasteiger charge is 2.44. The number of imidazole rings is 2. The second-order valence-corrected chi connectivity index (χ2v) is 18.7. The van der Waals surface area contributed by atoms with E-state index in [1.807, 2.05) is 43.7 Å². The lowest BCUT2D eigenvalue weighted by Crippen LogP contribution is -2.51. The third kappa shape index (κ3) is 7.37. The summed E-state index contributed by atoms with van der Waals surface area (Å²) < 4.78 is 12.3. The lowest BCUT2D eigenvalue weighted by Gasteiger charge is -2.33. The van der Waals surface area contributed by atoms with Crippen LogP contribution >= 0.6 is 22.7 Å². The Morgan fingerprint density at radius 3 is 2.21 bits per heavy atom. The van der Waals surface area contributed by atoms with Crippen LogP contribution in [0.15, 0.2) is 36.5 Å². The lowest BCUT2D eigenvalue weighted by molar-refractivity contribution is -0.138. The Balaban J connectivity index is 0.994. The van der Waals surface area contributed by atoms with Gasteiger partial charge in [0.2, 0.25) is 11.8 Å². The van der Waals surface area contributed by atoms with Crippen molar-refractivity contribution in [3.8, 4) is 21.0 Å². The van der Waals surface area contributed by atoms with Crippen LogP contribution < -0.4 is 5.32 Å². The van der Waals surface area contributed by atoms with Gasteiger partial charge in [0.15, 0.2) is 0 Å². The van der Waals surface area contributed by atoms with E-state index in [4.69, 9.17) is 19.4 Å². The third-order valence-electron chi connectivity index (χ3n) is 11.5. The number of benzene rings is 1. The number of ether oxygens (including phenoxy) is 2. The summed E-state index contributed by atoms with van der Waals surface area (Å²) in [7, 11) is 1.30. The molecule has 16 heteroatoms. The van der Waals surface area contributed by atoms with Gasteiger partial charge in [0.1, 0.15) is 30.3 Å². The first-order valence-corrected chi connectivity index (χ1v) is 21.4. The molecule has 14 nitrogen and oxygen atoms in total. The summed E-state index contributed by atoms with van der Waals surface area (Å²) in [6.07, 6.45) is 2.43. The topological polar surface area (TPSA) is 166 Å². The molecule has 4 aromatic heterocycles. The van der Waals surface area contributed by atoms with Gasteiger partial charge >= 0.3 is 12.2 Å². The largest absolute Gasteiger partial charge is 0.453 e. The van der Waals surface area contributed by atoms with E-state index in [9.17, 15) is 19.2 Å². The Hall–Kier alpha value is -4.96. The highest BCUT2D eigenvalue weighted by Crippen LogP contribution is 2.43. The van der Waals surface area contributed by atoms with E-state index in [1.54, 1.807) is 27.6 Å². The molecule has 0 aliphatic carbocycles. The summed E-state index contributed by atoms with van der Waals surface area (Å²) in [4.78, 5) is 76.7. The molecule has 3 aliphatic heterocycles. The molecule has 3 N–H and O–H groups in total. The average Bonchev–Trinajstić information content (AvgIpc) is 4.02. The number of likely N-dealkylation sites (tertiary alicyclic amines) is 2. The van der Waals surface area contributed by atoms with Gasteiger partial charge in [-0.2, -0.15) is 0 Å². The zero-order chi connectivity index (χ0) is 40.3. The monoisotopic (exact) mass is 814 g/mol. The van der Waals surface area contributed by atoms with Gasteiger partial charge in [-0.1, -0.05) is 47.6 Å². The third-order valence-corrected chi connectivity index (χ3v) is 13.8. The van der Waals surface area contributed by atoms with Crippen molar-refractivity contribution >= 4 is 67.1 Å². The van der Waals surface area contributed by atoms with Crippen molar-refractivity contribution in [3.05, 3.63) is 48.2 Å². The molecule has 302 valence electrons. The zero-order valence-corrected chi connectivity index (χ0v) is 35.0. The number of amides is 4. The fourth-order valence-electron chi connectivity index (χ4n) is 8.66. The van der Waals surface area contributed by atoms with Gasteiger partial charge in [0, 0.05) is 33.6 Å². The number of rotatable bonds is 10. The van der Waals surface area contributed by atoms with Gasteiger partial charge in [-0.15, -0.1) is 22.7 Å². The molecule has 3 aliphatic rings. The Morgan fingerprint density at radius 2 is 1.56 bits per heavy atom. The van der Waals surface area contributed by atoms with Gasteiger partial charge in [-0.3, -0.25) is 14.5 Å². The van der Waals surface area contributed by atoms with Crippen molar-refractivity contribution in [2.45, 2.75) is 78.6 Å². The lowest BCUT2D eigenvalue weighted by atomic mass is 10.0. The predicted octanol–water partition coefficient (Wildman–Crippen LogP) is 7.57. The van der Waals surface area contributed by atoms with E-state index in [-0.39, 0.29) is 41.7 Å². The molecule has 0 radical (unpaired) electrons. The number of hydrogen-bond acceptors (Lipinski definition) is 10. The number of hydrogen-bond donors (Lipinski definition) is 3. The molecule has 0 unspecified atom stereocenters. The normalized spacial score (nSPS) is 22.3. The summed E-state index contributed by atoms with van der Waals surface area (Å²) in [5.41, 5.74) is 3.66. The second kappa shape index (κ2) is 15.4. The van der Waals surface area contributed by atoms with Crippen LogP contribution in [0.4, 0.5) is 9.59 Å². The van der Waals surface area contributed by atoms with Crippen LogP contribution in [0.1, 0.15) is 78.1 Å². The van der Waals surface area contributed by atoms with Crippen LogP contribution in [0.5, 0.6) is 0 Å². The molecule has 5 aromatic rings. The number of methoxy groups -OCH3 is 1. The minimum Gasteiger partial charge on any atom is -0.453 e. The van der Waals surface area contributed by atoms with Crippen LogP contribution in [0.2, 0.25) is 0 Å². The second-order valence-electron chi connectivity index (χ2n) is 16.5. The van der Waals surface area contributed by atoms with Crippen molar-refractivity contribution in [2.75, 3.05) is 33.4 Å². The minimum absolute atomic E-state index is 0.0570. The van der Waals surface area contributed by atoms with Gasteiger partial charge < -0.3 is 34.6 Å². The van der Waals surface area contributed by atoms with E-state index in [0.29, 0.717) is 32.2 Å². The fourth-order valence-corrected chi connectivity index (χ4v) is 11.0. The molecule has 3 fully saturated rings. The van der Waals surface area contributed by atoms with Crippen LogP contribution in [0.3, 0.4) is 0 Å². The predicted molar refractivity (Wildman–Crippen MR) is 220 cm³/mol. The number of H-pyrrole nitrogens is 2. The van der Waals surface area contributed by atoms with E-state index in [1.165, 1.54) is 7.11 Å². The number of aromatic amines is 2. The molecule has 0 bridgehead atoms. The average molecular weight is 815 g/mol. The SMILES string of the molecule is COC(=O)N[C@H](C(=O)N1C[C@@H](C)C[C@H]1c1nc(-c2cc3sc(-c4ccc5[nH]c([C@@H]6C[C@H](C)CN6C(=O)[C@H](C(C)C)N6CCOC6=O)nc5c4)cc3s2)c[nH]1)C(C)C. The number of cyclic esters (lactones) is 1. The van der Waals surface area contributed by atoms with Crippen molar-refractivity contribution in [1.29, 1.82) is 0 Å². The number of alkyl carbamates (subject to hydrolysis) is 1. The first-order chi connectivity index (χ1) is 27.3. The number of carbonyl (C=O) groups excluding carboxylic acids is 4. The molecule has 57 heavy (non-hydrogen) atoms. The number of carbonyl (C=O) groups is 4. The molecular weight excluding hydrogens is 765 g/mol. The quantitative estimate of drug-likeness (QED) is 0.130. The molecule has 7 heterocycles. The van der Waals surface area contributed by atoms with Crippen LogP contribution in [-0.4, -0.2) is 104 Å². The van der Waals surface area contributed by atoms with Crippen LogP contribution in [-0.2, 0) is 19.1 Å². The van der Waals surface area contributed by atoms with Gasteiger partial charge in [0.05, 0.1) is 47.3 Å². The summed E-state index contributed by atoms with van der Waals surface area (Å²) in [6, 6.07) is 8.95. The number of nitrogens with one attached hydrogen (secondary N) is 3. The maximum atomic E-state index is 14.1. The number of fused-ring (bicyclic) bond motifs is 2. The van der Waals surface area contributed by atoms with Crippen molar-refractivity contribution in [1.82, 2.24) is 40.0 Å². The van der Waals surface area contributed by atoms with E-state index < -0.39 is 24.3 Å². The Bertz CT molecular complexity index is 2290. The molecule has 0 spiro atoms. The maximum Gasteiger partial charge on any atom is 0.410 e. The Labute approximate surface area is 339 Å². The van der Waals surface area contributed by atoms with Crippen molar-refractivity contribution < 1.29 is 28.7 Å². The minimum atomic E-state index is -0.696. The summed E-state index contributed by atoms with van der Waals surface area (Å²) in [6.45, 7) is 14.0. The molecule has 4 amide bonds. The molecule has 3 saturated heterocycles. The molecule has 8 rings (SSSR count). The first-order valence-electron chi connectivity index (χ1n) is 19.8. The van der Waals surface area contributed by atoms with Crippen LogP contribution in [0.25, 0.3) is 41.4 Å². The molecular formula is C41H50N8O6S2. The highest BCUT2D eigenvalue weighted by atomic mass is 32.1. The standard InChI is InChI=1S/C41H50N8O6S2/c1-20(2)34(46-40(52)54-7)38(50)48-18-22(5)12-28(48)36-42-17-27(45-36)31-16-33-32(57-31)15-30(56-33)24-8-9-25-26(14-24)44-37(43-25)29-13-23(6)19-49(29)39(51)35(21(3)4)47-10-11-55-41(47)53/h8-9,14-17,20-23,28-29,34-35H,10-13,18-19H2,1-7H3,(H,42,45)(H,43,44)(H,46,52)/t22-,23-,28-,29-,34-,35-/m0/s1. The summed E-state index contributed by atoms with van der Waals surface area (Å²) >= 11 is 3.40. The molecule has 0 saturated carbocycles. The maximum absolute atomic E-state index is 14.1. The van der Waals surface area contributed by atoms with Gasteiger partial charge in [-0.25, -0.2) is 19.6 Å². The van der Waals surface area contributed by atoms with Crippen molar-refractivity contribution in [3.63, 3.8) is 0 Å². The smallest absolute Gasteiger partial charge is 0.410 e.